The lowest BCUT2D eigenvalue weighted by Gasteiger charge is -2.19. The van der Waals surface area contributed by atoms with E-state index in [1.165, 1.54) is 0 Å². The number of halogens is 1. The van der Waals surface area contributed by atoms with Crippen LogP contribution in [0.1, 0.15) is 25.8 Å². The molecule has 2 unspecified atom stereocenters. The Morgan fingerprint density at radius 3 is 2.56 bits per heavy atom. The number of carboxylic acid groups (broad SMARTS) is 1. The van der Waals surface area contributed by atoms with E-state index in [9.17, 15) is 9.90 Å². The van der Waals surface area contributed by atoms with Crippen LogP contribution in [0.25, 0.3) is 0 Å². The van der Waals surface area contributed by atoms with Crippen molar-refractivity contribution in [2.45, 2.75) is 26.7 Å². The van der Waals surface area contributed by atoms with E-state index in [0.29, 0.717) is 11.4 Å². The minimum atomic E-state index is -0.741. The Morgan fingerprint density at radius 2 is 2.06 bits per heavy atom. The molecular weight excluding hydrogens is 224 g/mol. The summed E-state index contributed by atoms with van der Waals surface area (Å²) < 4.78 is 0. The first-order valence-corrected chi connectivity index (χ1v) is 5.90. The molecule has 0 spiro atoms. The van der Waals surface area contributed by atoms with Crippen LogP contribution in [-0.4, -0.2) is 11.1 Å². The molecule has 0 heterocycles. The Balaban J connectivity index is 2.84. The molecule has 1 aromatic rings. The summed E-state index contributed by atoms with van der Waals surface area (Å²) in [5.41, 5.74) is 0.914. The number of rotatable bonds is 5. The van der Waals surface area contributed by atoms with Crippen molar-refractivity contribution in [3.8, 4) is 0 Å². The first-order valence-electron chi connectivity index (χ1n) is 5.52. The molecule has 0 saturated carbocycles. The number of hydrogen-bond acceptors (Lipinski definition) is 1. The Bertz CT molecular complexity index is 363. The van der Waals surface area contributed by atoms with Crippen molar-refractivity contribution >= 4 is 17.6 Å². The molecule has 1 N–H and O–H groups in total. The van der Waals surface area contributed by atoms with Crippen molar-refractivity contribution in [3.05, 3.63) is 34.9 Å². The van der Waals surface area contributed by atoms with E-state index in [1.807, 2.05) is 32.0 Å². The maximum atomic E-state index is 11.2. The van der Waals surface area contributed by atoms with Crippen LogP contribution in [0.15, 0.2) is 24.3 Å². The van der Waals surface area contributed by atoms with E-state index in [2.05, 4.69) is 0 Å². The van der Waals surface area contributed by atoms with Gasteiger partial charge >= 0.3 is 5.97 Å². The lowest BCUT2D eigenvalue weighted by Crippen LogP contribution is -2.23. The maximum absolute atomic E-state index is 11.2. The molecule has 2 nitrogen and oxygen atoms in total. The Morgan fingerprint density at radius 1 is 1.44 bits per heavy atom. The molecule has 1 aromatic carbocycles. The highest BCUT2D eigenvalue weighted by Crippen LogP contribution is 2.24. The predicted molar refractivity (Wildman–Crippen MR) is 65.7 cm³/mol. The first kappa shape index (κ1) is 13.0. The van der Waals surface area contributed by atoms with Crippen LogP contribution in [0, 0.1) is 11.8 Å². The van der Waals surface area contributed by atoms with Gasteiger partial charge in [-0.15, -0.1) is 0 Å². The first-order chi connectivity index (χ1) is 7.56. The van der Waals surface area contributed by atoms with Gasteiger partial charge in [0.15, 0.2) is 0 Å². The molecule has 2 atom stereocenters. The zero-order valence-electron chi connectivity index (χ0n) is 9.61. The standard InChI is InChI=1S/C13H17ClO2/c1-3-9(2)11(13(15)16)8-10-6-4-5-7-12(10)14/h4-7,9,11H,3,8H2,1-2H3,(H,15,16). The molecule has 0 bridgehead atoms. The third-order valence-corrected chi connectivity index (χ3v) is 3.41. The van der Waals surface area contributed by atoms with Crippen molar-refractivity contribution in [1.82, 2.24) is 0 Å². The molecule has 0 saturated heterocycles. The van der Waals surface area contributed by atoms with Crippen LogP contribution in [0.2, 0.25) is 5.02 Å². The number of carboxylic acids is 1. The molecule has 16 heavy (non-hydrogen) atoms. The average Bonchev–Trinajstić information content (AvgIpc) is 2.26. The van der Waals surface area contributed by atoms with Crippen molar-refractivity contribution in [2.24, 2.45) is 11.8 Å². The van der Waals surface area contributed by atoms with Gasteiger partial charge < -0.3 is 5.11 Å². The second-order valence-electron chi connectivity index (χ2n) is 4.13. The summed E-state index contributed by atoms with van der Waals surface area (Å²) in [6, 6.07) is 7.43. The number of aliphatic carboxylic acids is 1. The molecule has 0 amide bonds. The second-order valence-corrected chi connectivity index (χ2v) is 4.53. The van der Waals surface area contributed by atoms with Crippen LogP contribution in [0.5, 0.6) is 0 Å². The van der Waals surface area contributed by atoms with E-state index in [1.54, 1.807) is 6.07 Å². The molecule has 0 aliphatic carbocycles. The SMILES string of the molecule is CCC(C)C(Cc1ccccc1Cl)C(=O)O. The lowest BCUT2D eigenvalue weighted by molar-refractivity contribution is -0.143. The van der Waals surface area contributed by atoms with Crippen LogP contribution in [0.4, 0.5) is 0 Å². The minimum absolute atomic E-state index is 0.161. The van der Waals surface area contributed by atoms with Gasteiger partial charge in [0.1, 0.15) is 0 Å². The van der Waals surface area contributed by atoms with Gasteiger partial charge in [0.25, 0.3) is 0 Å². The fourth-order valence-corrected chi connectivity index (χ4v) is 1.93. The topological polar surface area (TPSA) is 37.3 Å². The molecule has 1 rings (SSSR count). The average molecular weight is 241 g/mol. The van der Waals surface area contributed by atoms with Crippen LogP contribution in [0.3, 0.4) is 0 Å². The highest BCUT2D eigenvalue weighted by molar-refractivity contribution is 6.31. The molecule has 88 valence electrons. The second kappa shape index (κ2) is 5.90. The van der Waals surface area contributed by atoms with Gasteiger partial charge in [-0.3, -0.25) is 4.79 Å². The van der Waals surface area contributed by atoms with Crippen molar-refractivity contribution < 1.29 is 9.90 Å². The van der Waals surface area contributed by atoms with Gasteiger partial charge in [-0.2, -0.15) is 0 Å². The monoisotopic (exact) mass is 240 g/mol. The number of hydrogen-bond donors (Lipinski definition) is 1. The molecule has 0 aromatic heterocycles. The zero-order valence-corrected chi connectivity index (χ0v) is 10.4. The van der Waals surface area contributed by atoms with E-state index in [4.69, 9.17) is 11.6 Å². The Hall–Kier alpha value is -1.02. The van der Waals surface area contributed by atoms with Gasteiger partial charge in [0.05, 0.1) is 5.92 Å². The molecule has 0 aliphatic heterocycles. The van der Waals surface area contributed by atoms with Crippen molar-refractivity contribution in [1.29, 1.82) is 0 Å². The third-order valence-electron chi connectivity index (χ3n) is 3.05. The normalized spacial score (nSPS) is 14.4. The lowest BCUT2D eigenvalue weighted by atomic mass is 9.86. The highest BCUT2D eigenvalue weighted by atomic mass is 35.5. The van der Waals surface area contributed by atoms with Gasteiger partial charge in [-0.25, -0.2) is 0 Å². The molecule has 0 aliphatic rings. The van der Waals surface area contributed by atoms with Gasteiger partial charge in [0, 0.05) is 5.02 Å². The van der Waals surface area contributed by atoms with Crippen LogP contribution in [-0.2, 0) is 11.2 Å². The summed E-state index contributed by atoms with van der Waals surface area (Å²) >= 11 is 6.03. The van der Waals surface area contributed by atoms with E-state index < -0.39 is 5.97 Å². The van der Waals surface area contributed by atoms with Gasteiger partial charge in [0.2, 0.25) is 0 Å². The summed E-state index contributed by atoms with van der Waals surface area (Å²) in [6.07, 6.45) is 1.37. The smallest absolute Gasteiger partial charge is 0.307 e. The maximum Gasteiger partial charge on any atom is 0.307 e. The zero-order chi connectivity index (χ0) is 12.1. The van der Waals surface area contributed by atoms with Gasteiger partial charge in [-0.05, 0) is 24.0 Å². The van der Waals surface area contributed by atoms with Gasteiger partial charge in [-0.1, -0.05) is 50.1 Å². The van der Waals surface area contributed by atoms with Crippen LogP contribution >= 0.6 is 11.6 Å². The largest absolute Gasteiger partial charge is 0.481 e. The molecule has 0 radical (unpaired) electrons. The van der Waals surface area contributed by atoms with Crippen molar-refractivity contribution in [2.75, 3.05) is 0 Å². The predicted octanol–water partition coefficient (Wildman–Crippen LogP) is 3.63. The fraction of sp³-hybridized carbons (Fsp3) is 0.462. The Kier molecular flexibility index (Phi) is 4.81. The summed E-state index contributed by atoms with van der Waals surface area (Å²) in [4.78, 5) is 11.2. The van der Waals surface area contributed by atoms with Crippen molar-refractivity contribution in [3.63, 3.8) is 0 Å². The van der Waals surface area contributed by atoms with Crippen LogP contribution < -0.4 is 0 Å². The number of benzene rings is 1. The highest BCUT2D eigenvalue weighted by Gasteiger charge is 2.24. The Labute approximate surface area is 101 Å². The molecule has 0 fully saturated rings. The van der Waals surface area contributed by atoms with E-state index >= 15 is 0 Å². The summed E-state index contributed by atoms with van der Waals surface area (Å²) in [7, 11) is 0. The quantitative estimate of drug-likeness (QED) is 0.853. The molecule has 3 heteroatoms. The van der Waals surface area contributed by atoms with E-state index in [0.717, 1.165) is 12.0 Å². The number of carbonyl (C=O) groups is 1. The van der Waals surface area contributed by atoms with E-state index in [-0.39, 0.29) is 11.8 Å². The molecular formula is C13H17ClO2. The summed E-state index contributed by atoms with van der Waals surface area (Å²) in [5, 5.41) is 9.83. The summed E-state index contributed by atoms with van der Waals surface area (Å²) in [6.45, 7) is 3.98. The third kappa shape index (κ3) is 3.24. The summed E-state index contributed by atoms with van der Waals surface area (Å²) in [5.74, 6) is -0.937. The fourth-order valence-electron chi connectivity index (χ4n) is 1.72. The minimum Gasteiger partial charge on any atom is -0.481 e.